The molecule has 1 amide bonds. The molecular formula is C23H23F3N4O. The summed E-state index contributed by atoms with van der Waals surface area (Å²) in [5.41, 5.74) is 8.47. The van der Waals surface area contributed by atoms with Crippen LogP contribution in [0.5, 0.6) is 0 Å². The van der Waals surface area contributed by atoms with Gasteiger partial charge in [-0.3, -0.25) is 9.78 Å². The lowest BCUT2D eigenvalue weighted by molar-refractivity contribution is -0.141. The second kappa shape index (κ2) is 9.21. The van der Waals surface area contributed by atoms with E-state index in [1.807, 2.05) is 6.92 Å². The number of nitrogens with one attached hydrogen (secondary N) is 1. The number of rotatable bonds is 4. The van der Waals surface area contributed by atoms with Gasteiger partial charge in [0.25, 0.3) is 5.91 Å². The van der Waals surface area contributed by atoms with Crippen LogP contribution in [-0.2, 0) is 11.0 Å². The van der Waals surface area contributed by atoms with E-state index in [1.54, 1.807) is 12.1 Å². The van der Waals surface area contributed by atoms with Crippen LogP contribution in [0.15, 0.2) is 41.7 Å². The molecule has 0 atom stereocenters. The lowest BCUT2D eigenvalue weighted by Gasteiger charge is -2.27. The normalized spacial score (nSPS) is 16.5. The number of pyridine rings is 2. The molecule has 3 rings (SSSR count). The van der Waals surface area contributed by atoms with Crippen molar-refractivity contribution in [2.24, 2.45) is 0 Å². The minimum atomic E-state index is -4.52. The van der Waals surface area contributed by atoms with Gasteiger partial charge >= 0.3 is 6.18 Å². The molecule has 0 unspecified atom stereocenters. The molecule has 0 aromatic carbocycles. The molecule has 0 bridgehead atoms. The minimum absolute atomic E-state index is 0.0141. The highest BCUT2D eigenvalue weighted by atomic mass is 19.4. The number of aromatic nitrogens is 2. The number of hydrogen-bond donors (Lipinski definition) is 2. The van der Waals surface area contributed by atoms with Crippen LogP contribution in [0.2, 0.25) is 0 Å². The summed E-state index contributed by atoms with van der Waals surface area (Å²) in [7, 11) is 0. The summed E-state index contributed by atoms with van der Waals surface area (Å²) >= 11 is 0. The third-order valence-corrected chi connectivity index (χ3v) is 5.51. The third kappa shape index (κ3) is 5.23. The van der Waals surface area contributed by atoms with Crippen molar-refractivity contribution >= 4 is 17.3 Å². The Bertz CT molecular complexity index is 1030. The zero-order valence-corrected chi connectivity index (χ0v) is 17.1. The van der Waals surface area contributed by atoms with E-state index in [0.717, 1.165) is 17.2 Å². The fraction of sp³-hybridized carbons (Fsp3) is 0.348. The molecule has 31 heavy (non-hydrogen) atoms. The summed E-state index contributed by atoms with van der Waals surface area (Å²) in [6.07, 6.45) is 6.84. The van der Waals surface area contributed by atoms with Gasteiger partial charge in [0, 0.05) is 17.5 Å². The van der Waals surface area contributed by atoms with Crippen molar-refractivity contribution < 1.29 is 18.0 Å². The van der Waals surface area contributed by atoms with Gasteiger partial charge in [0.2, 0.25) is 0 Å². The van der Waals surface area contributed by atoms with Crippen molar-refractivity contribution in [2.45, 2.75) is 51.1 Å². The van der Waals surface area contributed by atoms with E-state index in [-0.39, 0.29) is 17.5 Å². The fourth-order valence-electron chi connectivity index (χ4n) is 3.89. The first kappa shape index (κ1) is 22.3. The van der Waals surface area contributed by atoms with Crippen molar-refractivity contribution in [1.82, 2.24) is 9.97 Å². The number of terminal acetylenes is 1. The first-order valence-electron chi connectivity index (χ1n) is 10.0. The van der Waals surface area contributed by atoms with Crippen LogP contribution in [0.25, 0.3) is 0 Å². The van der Waals surface area contributed by atoms with E-state index in [0.29, 0.717) is 49.0 Å². The van der Waals surface area contributed by atoms with Gasteiger partial charge in [0.1, 0.15) is 11.4 Å². The average Bonchev–Trinajstić information content (AvgIpc) is 2.75. The Hall–Kier alpha value is -3.34. The molecule has 1 saturated carbocycles. The number of amides is 1. The Kier molecular flexibility index (Phi) is 6.64. The topological polar surface area (TPSA) is 80.9 Å². The molecule has 1 aliphatic carbocycles. The van der Waals surface area contributed by atoms with E-state index in [1.165, 1.54) is 12.4 Å². The maximum absolute atomic E-state index is 12.8. The third-order valence-electron chi connectivity index (χ3n) is 5.51. The van der Waals surface area contributed by atoms with Crippen LogP contribution >= 0.6 is 0 Å². The molecule has 8 heteroatoms. The first-order chi connectivity index (χ1) is 14.7. The molecule has 1 aliphatic rings. The Morgan fingerprint density at radius 1 is 1.26 bits per heavy atom. The van der Waals surface area contributed by atoms with Crippen LogP contribution in [-0.4, -0.2) is 15.9 Å². The zero-order valence-electron chi connectivity index (χ0n) is 17.1. The van der Waals surface area contributed by atoms with Crippen molar-refractivity contribution in [3.8, 4) is 12.3 Å². The largest absolute Gasteiger partial charge is 0.433 e. The average molecular weight is 428 g/mol. The second-order valence-electron chi connectivity index (χ2n) is 7.44. The molecular weight excluding hydrogens is 405 g/mol. The minimum Gasteiger partial charge on any atom is -0.398 e. The van der Waals surface area contributed by atoms with Crippen molar-refractivity contribution in [1.29, 1.82) is 0 Å². The number of anilines is 2. The fourth-order valence-corrected chi connectivity index (χ4v) is 3.89. The van der Waals surface area contributed by atoms with Gasteiger partial charge in [0.15, 0.2) is 0 Å². The molecule has 5 nitrogen and oxygen atoms in total. The quantitative estimate of drug-likeness (QED) is 0.527. The molecule has 0 saturated heterocycles. The smallest absolute Gasteiger partial charge is 0.398 e. The number of hydrogen-bond acceptors (Lipinski definition) is 4. The Labute approximate surface area is 179 Å². The summed E-state index contributed by atoms with van der Waals surface area (Å²) < 4.78 is 38.4. The summed E-state index contributed by atoms with van der Waals surface area (Å²) in [6.45, 7) is 1.92. The van der Waals surface area contributed by atoms with E-state index in [4.69, 9.17) is 12.2 Å². The molecule has 2 aromatic rings. The monoisotopic (exact) mass is 428 g/mol. The van der Waals surface area contributed by atoms with Gasteiger partial charge in [-0.1, -0.05) is 18.4 Å². The van der Waals surface area contributed by atoms with Crippen molar-refractivity contribution in [2.75, 3.05) is 11.1 Å². The summed E-state index contributed by atoms with van der Waals surface area (Å²) in [6, 6.07) is 4.25. The molecule has 2 heterocycles. The predicted molar refractivity (Wildman–Crippen MR) is 113 cm³/mol. The number of carbonyl (C=O) groups excluding carboxylic acids is 1. The van der Waals surface area contributed by atoms with E-state index >= 15 is 0 Å². The maximum Gasteiger partial charge on any atom is 0.433 e. The van der Waals surface area contributed by atoms with Gasteiger partial charge in [-0.2, -0.15) is 13.2 Å². The number of nitrogens with two attached hydrogens (primary N) is 1. The Balaban J connectivity index is 1.70. The van der Waals surface area contributed by atoms with E-state index in [9.17, 15) is 18.0 Å². The van der Waals surface area contributed by atoms with Crippen molar-refractivity contribution in [3.63, 3.8) is 0 Å². The number of halogens is 3. The SMILES string of the molecule is C#Cc1ccc(NC(=O)C(CC)=C2CCC(c3cnc(C(F)(F)F)cc3N)CC2)cn1. The lowest BCUT2D eigenvalue weighted by atomic mass is 9.79. The van der Waals surface area contributed by atoms with E-state index in [2.05, 4.69) is 21.2 Å². The van der Waals surface area contributed by atoms with Crippen LogP contribution in [0, 0.1) is 12.3 Å². The standard InChI is InChI=1S/C23H23F3N4O/c1-3-16-9-10-17(12-28-16)30-22(31)18(4-2)14-5-7-15(8-6-14)19-13-29-21(11-20(19)27)23(24,25)26/h1,9-13,15H,4-8H2,2H3,(H2,27,29)(H,30,31). The second-order valence-corrected chi connectivity index (χ2v) is 7.44. The molecule has 0 radical (unpaired) electrons. The molecule has 0 aliphatic heterocycles. The van der Waals surface area contributed by atoms with E-state index < -0.39 is 11.9 Å². The molecule has 0 spiro atoms. The lowest BCUT2D eigenvalue weighted by Crippen LogP contribution is -2.19. The van der Waals surface area contributed by atoms with Gasteiger partial charge in [0.05, 0.1) is 11.9 Å². The predicted octanol–water partition coefficient (Wildman–Crippen LogP) is 5.06. The molecule has 1 fully saturated rings. The highest BCUT2D eigenvalue weighted by Gasteiger charge is 2.33. The van der Waals surface area contributed by atoms with Crippen molar-refractivity contribution in [3.05, 3.63) is 58.7 Å². The highest BCUT2D eigenvalue weighted by Crippen LogP contribution is 2.40. The van der Waals surface area contributed by atoms with Gasteiger partial charge in [-0.05, 0) is 61.8 Å². The van der Waals surface area contributed by atoms with Crippen LogP contribution in [0.1, 0.15) is 61.9 Å². The number of nitrogen functional groups attached to an aromatic ring is 1. The zero-order chi connectivity index (χ0) is 22.6. The Morgan fingerprint density at radius 3 is 2.48 bits per heavy atom. The summed E-state index contributed by atoms with van der Waals surface area (Å²) in [5.74, 6) is 2.26. The highest BCUT2D eigenvalue weighted by molar-refractivity contribution is 6.04. The van der Waals surface area contributed by atoms with Crippen LogP contribution in [0.4, 0.5) is 24.5 Å². The summed E-state index contributed by atoms with van der Waals surface area (Å²) in [4.78, 5) is 20.4. The number of alkyl halides is 3. The maximum atomic E-state index is 12.8. The van der Waals surface area contributed by atoms with Gasteiger partial charge < -0.3 is 11.1 Å². The molecule has 3 N–H and O–H groups in total. The van der Waals surface area contributed by atoms with Gasteiger partial charge in [-0.15, -0.1) is 6.42 Å². The molecule has 162 valence electrons. The van der Waals surface area contributed by atoms with Crippen LogP contribution < -0.4 is 11.1 Å². The first-order valence-corrected chi connectivity index (χ1v) is 10.0. The number of carbonyl (C=O) groups is 1. The Morgan fingerprint density at radius 2 is 1.97 bits per heavy atom. The number of nitrogens with zero attached hydrogens (tertiary/aromatic N) is 2. The summed E-state index contributed by atoms with van der Waals surface area (Å²) in [5, 5.41) is 2.85. The van der Waals surface area contributed by atoms with Gasteiger partial charge in [-0.25, -0.2) is 4.98 Å². The molecule has 2 aromatic heterocycles. The number of allylic oxidation sites excluding steroid dienone is 1. The van der Waals surface area contributed by atoms with Crippen LogP contribution in [0.3, 0.4) is 0 Å².